The number of nitrogens with zero attached hydrogens (tertiary/aromatic N) is 1. The number of hydroxylamine groups is 1. The molecule has 0 aromatic heterocycles. The highest BCUT2D eigenvalue weighted by Crippen LogP contribution is 2.25. The van der Waals surface area contributed by atoms with E-state index in [9.17, 15) is 24.4 Å². The van der Waals surface area contributed by atoms with E-state index in [1.54, 1.807) is 11.6 Å². The Labute approximate surface area is 201 Å². The van der Waals surface area contributed by atoms with E-state index in [0.29, 0.717) is 6.42 Å². The summed E-state index contributed by atoms with van der Waals surface area (Å²) in [6.45, 7) is 8.95. The molecule has 188 valence electrons. The van der Waals surface area contributed by atoms with Crippen molar-refractivity contribution in [1.82, 2.24) is 21.2 Å². The van der Waals surface area contributed by atoms with Crippen LogP contribution in [0.25, 0.3) is 6.08 Å². The highest BCUT2D eigenvalue weighted by molar-refractivity contribution is 5.90. The molecular weight excluding hydrogens is 436 g/mol. The molecule has 0 heterocycles. The molecule has 34 heavy (non-hydrogen) atoms. The van der Waals surface area contributed by atoms with E-state index in [2.05, 4.69) is 10.7 Å². The van der Waals surface area contributed by atoms with Gasteiger partial charge in [0.25, 0.3) is 5.91 Å². The second-order valence-corrected chi connectivity index (χ2v) is 9.15. The fraction of sp³-hybridized carbons (Fsp3) is 0.520. The predicted octanol–water partition coefficient (Wildman–Crippen LogP) is 2.53. The summed E-state index contributed by atoms with van der Waals surface area (Å²) in [6.07, 6.45) is 4.24. The van der Waals surface area contributed by atoms with Crippen LogP contribution in [0.15, 0.2) is 36.4 Å². The smallest absolute Gasteiger partial charge is 0.260 e. The van der Waals surface area contributed by atoms with Crippen molar-refractivity contribution in [1.29, 1.82) is 0 Å². The molecule has 0 radical (unpaired) electrons. The lowest BCUT2D eigenvalue weighted by Gasteiger charge is -2.30. The quantitative estimate of drug-likeness (QED) is 0.273. The van der Waals surface area contributed by atoms with E-state index in [-0.39, 0.29) is 37.3 Å². The van der Waals surface area contributed by atoms with Gasteiger partial charge in [0.05, 0.1) is 18.4 Å². The van der Waals surface area contributed by atoms with Crippen LogP contribution < -0.4 is 16.2 Å². The first kappa shape index (κ1) is 28.8. The molecule has 0 bridgehead atoms. The summed E-state index contributed by atoms with van der Waals surface area (Å²) in [5, 5.41) is 13.0. The van der Waals surface area contributed by atoms with Gasteiger partial charge in [-0.05, 0) is 30.2 Å². The summed E-state index contributed by atoms with van der Waals surface area (Å²) < 4.78 is 0. The molecule has 9 heteroatoms. The minimum absolute atomic E-state index is 0.0514. The fourth-order valence-corrected chi connectivity index (χ4v) is 3.50. The van der Waals surface area contributed by atoms with Crippen molar-refractivity contribution in [3.05, 3.63) is 42.0 Å². The molecule has 1 aromatic carbocycles. The van der Waals surface area contributed by atoms with Crippen molar-refractivity contribution in [3.63, 3.8) is 0 Å². The highest BCUT2D eigenvalue weighted by Gasteiger charge is 2.35. The van der Waals surface area contributed by atoms with Gasteiger partial charge in [-0.15, -0.1) is 0 Å². The van der Waals surface area contributed by atoms with Crippen LogP contribution in [-0.2, 0) is 19.2 Å². The Balaban J connectivity index is 3.11. The number of carbonyl (C=O) groups is 4. The number of amides is 4. The van der Waals surface area contributed by atoms with Gasteiger partial charge < -0.3 is 5.32 Å². The first-order valence-corrected chi connectivity index (χ1v) is 11.6. The first-order valence-electron chi connectivity index (χ1n) is 11.6. The second kappa shape index (κ2) is 14.8. The Morgan fingerprint density at radius 1 is 0.971 bits per heavy atom. The van der Waals surface area contributed by atoms with Crippen molar-refractivity contribution >= 4 is 29.7 Å². The maximum Gasteiger partial charge on any atom is 0.260 e. The van der Waals surface area contributed by atoms with Gasteiger partial charge in [0.1, 0.15) is 0 Å². The van der Waals surface area contributed by atoms with Gasteiger partial charge in [-0.25, -0.2) is 5.48 Å². The standard InChI is InChI=1S/C25H38N4O5/c1-17(2)14-22(21(25(33)28-34)13-9-12-20-10-7-6-8-11-20)24(32)27-29(16-18(3)4)23(31)15-26-19(5)30/h6-12,17-18,21-22,34H,13-16H2,1-5H3,(H,26,30)(H,27,32)(H,28,33)/b12-9+/t21-,22+/m0/s1. The Kier molecular flexibility index (Phi) is 12.6. The van der Waals surface area contributed by atoms with Crippen LogP contribution in [0.1, 0.15) is 53.0 Å². The monoisotopic (exact) mass is 474 g/mol. The largest absolute Gasteiger partial charge is 0.347 e. The van der Waals surface area contributed by atoms with E-state index in [4.69, 9.17) is 0 Å². The molecule has 2 atom stereocenters. The molecule has 0 spiro atoms. The van der Waals surface area contributed by atoms with E-state index >= 15 is 0 Å². The lowest BCUT2D eigenvalue weighted by molar-refractivity contribution is -0.147. The van der Waals surface area contributed by atoms with Crippen LogP contribution in [0.2, 0.25) is 0 Å². The third-order valence-electron chi connectivity index (χ3n) is 5.08. The zero-order valence-electron chi connectivity index (χ0n) is 20.7. The Hall–Kier alpha value is -3.20. The van der Waals surface area contributed by atoms with Gasteiger partial charge in [0.2, 0.25) is 17.7 Å². The number of rotatable bonds is 12. The number of hydrogen-bond donors (Lipinski definition) is 4. The molecule has 0 aliphatic heterocycles. The molecule has 9 nitrogen and oxygen atoms in total. The van der Waals surface area contributed by atoms with Crippen molar-refractivity contribution in [2.75, 3.05) is 13.1 Å². The Bertz CT molecular complexity index is 839. The van der Waals surface area contributed by atoms with E-state index in [1.165, 1.54) is 11.9 Å². The lowest BCUT2D eigenvalue weighted by atomic mass is 9.82. The molecule has 1 rings (SSSR count). The first-order chi connectivity index (χ1) is 16.0. The number of hydrazine groups is 1. The number of benzene rings is 1. The molecule has 0 saturated carbocycles. The summed E-state index contributed by atoms with van der Waals surface area (Å²) in [5.74, 6) is -3.49. The molecule has 4 N–H and O–H groups in total. The van der Waals surface area contributed by atoms with Crippen molar-refractivity contribution in [2.45, 2.75) is 47.5 Å². The normalized spacial score (nSPS) is 12.9. The number of nitrogens with one attached hydrogen (secondary N) is 3. The number of carbonyl (C=O) groups excluding carboxylic acids is 4. The molecule has 0 aliphatic rings. The Morgan fingerprint density at radius 2 is 1.62 bits per heavy atom. The second-order valence-electron chi connectivity index (χ2n) is 9.15. The Morgan fingerprint density at radius 3 is 2.15 bits per heavy atom. The number of allylic oxidation sites excluding steroid dienone is 1. The summed E-state index contributed by atoms with van der Waals surface area (Å²) in [5.41, 5.74) is 5.28. The van der Waals surface area contributed by atoms with E-state index < -0.39 is 29.6 Å². The minimum atomic E-state index is -0.848. The van der Waals surface area contributed by atoms with Crippen molar-refractivity contribution in [2.24, 2.45) is 23.7 Å². The number of hydrogen-bond acceptors (Lipinski definition) is 5. The molecule has 0 unspecified atom stereocenters. The summed E-state index contributed by atoms with van der Waals surface area (Å²) in [6, 6.07) is 9.53. The van der Waals surface area contributed by atoms with Gasteiger partial charge in [0.15, 0.2) is 0 Å². The van der Waals surface area contributed by atoms with Crippen LogP contribution >= 0.6 is 0 Å². The van der Waals surface area contributed by atoms with E-state index in [1.807, 2.05) is 64.1 Å². The predicted molar refractivity (Wildman–Crippen MR) is 130 cm³/mol. The molecule has 0 aliphatic carbocycles. The van der Waals surface area contributed by atoms with Gasteiger partial charge in [-0.1, -0.05) is 70.2 Å². The van der Waals surface area contributed by atoms with Crippen molar-refractivity contribution < 1.29 is 24.4 Å². The molecule has 4 amide bonds. The van der Waals surface area contributed by atoms with Gasteiger partial charge in [0, 0.05) is 13.5 Å². The zero-order chi connectivity index (χ0) is 25.7. The van der Waals surface area contributed by atoms with Gasteiger partial charge in [-0.3, -0.25) is 34.8 Å². The van der Waals surface area contributed by atoms with Crippen LogP contribution in [0, 0.1) is 23.7 Å². The maximum absolute atomic E-state index is 13.3. The molecule has 0 saturated heterocycles. The average Bonchev–Trinajstić information content (AvgIpc) is 2.78. The average molecular weight is 475 g/mol. The van der Waals surface area contributed by atoms with Crippen LogP contribution in [0.4, 0.5) is 0 Å². The molecule has 1 aromatic rings. The summed E-state index contributed by atoms with van der Waals surface area (Å²) >= 11 is 0. The van der Waals surface area contributed by atoms with Gasteiger partial charge >= 0.3 is 0 Å². The maximum atomic E-state index is 13.3. The fourth-order valence-electron chi connectivity index (χ4n) is 3.50. The van der Waals surface area contributed by atoms with Crippen LogP contribution in [0.3, 0.4) is 0 Å². The van der Waals surface area contributed by atoms with Crippen molar-refractivity contribution in [3.8, 4) is 0 Å². The topological polar surface area (TPSA) is 128 Å². The zero-order valence-corrected chi connectivity index (χ0v) is 20.7. The van der Waals surface area contributed by atoms with E-state index in [0.717, 1.165) is 5.56 Å². The third-order valence-corrected chi connectivity index (χ3v) is 5.08. The third kappa shape index (κ3) is 10.6. The molecule has 0 fully saturated rings. The van der Waals surface area contributed by atoms with Crippen LogP contribution in [0.5, 0.6) is 0 Å². The SMILES string of the molecule is CC(=O)NCC(=O)N(CC(C)C)NC(=O)[C@H](CC(C)C)[C@H](C/C=C/c1ccccc1)C(=O)NO. The molecular formula is C25H38N4O5. The van der Waals surface area contributed by atoms with Gasteiger partial charge in [-0.2, -0.15) is 0 Å². The lowest BCUT2D eigenvalue weighted by Crippen LogP contribution is -2.54. The minimum Gasteiger partial charge on any atom is -0.347 e. The summed E-state index contributed by atoms with van der Waals surface area (Å²) in [7, 11) is 0. The summed E-state index contributed by atoms with van der Waals surface area (Å²) in [4.78, 5) is 49.7. The van der Waals surface area contributed by atoms with Crippen LogP contribution in [-0.4, -0.2) is 46.9 Å². The highest BCUT2D eigenvalue weighted by atomic mass is 16.5.